The third-order valence-corrected chi connectivity index (χ3v) is 4.64. The minimum absolute atomic E-state index is 0.00619. The lowest BCUT2D eigenvalue weighted by Gasteiger charge is -2.38. The lowest BCUT2D eigenvalue weighted by molar-refractivity contribution is -0.126. The molecule has 2 unspecified atom stereocenters. The highest BCUT2D eigenvalue weighted by Crippen LogP contribution is 2.29. The van der Waals surface area contributed by atoms with Gasteiger partial charge in [0.15, 0.2) is 0 Å². The highest BCUT2D eigenvalue weighted by molar-refractivity contribution is 7.84. The quantitative estimate of drug-likeness (QED) is 0.763. The van der Waals surface area contributed by atoms with Crippen LogP contribution in [0.25, 0.3) is 0 Å². The Labute approximate surface area is 106 Å². The fourth-order valence-electron chi connectivity index (χ4n) is 2.19. The van der Waals surface area contributed by atoms with Gasteiger partial charge in [-0.05, 0) is 24.8 Å². The lowest BCUT2D eigenvalue weighted by Crippen LogP contribution is -2.55. The topological polar surface area (TPSA) is 58.2 Å². The zero-order chi connectivity index (χ0) is 12.9. The van der Waals surface area contributed by atoms with Gasteiger partial charge in [0, 0.05) is 28.9 Å². The van der Waals surface area contributed by atoms with Crippen LogP contribution in [0.5, 0.6) is 0 Å². The second kappa shape index (κ2) is 6.50. The number of carbonyl (C=O) groups excluding carboxylic acids is 1. The van der Waals surface area contributed by atoms with Crippen LogP contribution in [-0.2, 0) is 15.6 Å². The lowest BCUT2D eigenvalue weighted by atomic mass is 9.77. The van der Waals surface area contributed by atoms with Crippen molar-refractivity contribution in [3.8, 4) is 0 Å². The molecule has 17 heavy (non-hydrogen) atoms. The molecule has 1 aliphatic rings. The van der Waals surface area contributed by atoms with Crippen molar-refractivity contribution in [3.63, 3.8) is 0 Å². The molecule has 0 aromatic heterocycles. The predicted molar refractivity (Wildman–Crippen MR) is 71.4 cm³/mol. The average Bonchev–Trinajstić information content (AvgIpc) is 2.27. The van der Waals surface area contributed by atoms with Gasteiger partial charge in [-0.25, -0.2) is 0 Å². The van der Waals surface area contributed by atoms with Crippen molar-refractivity contribution in [2.75, 3.05) is 24.6 Å². The fraction of sp³-hybridized carbons (Fsp3) is 0.917. The van der Waals surface area contributed by atoms with Gasteiger partial charge in [0.05, 0.1) is 6.04 Å². The van der Waals surface area contributed by atoms with Gasteiger partial charge in [-0.2, -0.15) is 0 Å². The molecule has 5 heteroatoms. The van der Waals surface area contributed by atoms with Crippen molar-refractivity contribution in [1.29, 1.82) is 0 Å². The van der Waals surface area contributed by atoms with E-state index in [2.05, 4.69) is 24.5 Å². The van der Waals surface area contributed by atoms with Crippen LogP contribution in [0, 0.1) is 5.41 Å². The van der Waals surface area contributed by atoms with Crippen LogP contribution < -0.4 is 10.6 Å². The molecule has 1 amide bonds. The summed E-state index contributed by atoms with van der Waals surface area (Å²) in [7, 11) is -0.803. The molecule has 1 heterocycles. The van der Waals surface area contributed by atoms with E-state index in [0.717, 1.165) is 19.4 Å². The maximum absolute atomic E-state index is 12.0. The van der Waals surface area contributed by atoms with Crippen LogP contribution in [0.15, 0.2) is 0 Å². The van der Waals surface area contributed by atoms with E-state index in [1.54, 1.807) is 0 Å². The molecule has 100 valence electrons. The van der Waals surface area contributed by atoms with Gasteiger partial charge in [-0.3, -0.25) is 9.00 Å². The number of amides is 1. The van der Waals surface area contributed by atoms with Crippen molar-refractivity contribution >= 4 is 16.7 Å². The second-order valence-corrected chi connectivity index (χ2v) is 7.07. The van der Waals surface area contributed by atoms with Gasteiger partial charge in [0.2, 0.25) is 5.91 Å². The van der Waals surface area contributed by atoms with Gasteiger partial charge < -0.3 is 10.6 Å². The van der Waals surface area contributed by atoms with Gasteiger partial charge in [-0.1, -0.05) is 20.8 Å². The van der Waals surface area contributed by atoms with Crippen LogP contribution >= 0.6 is 0 Å². The number of rotatable bonds is 5. The molecule has 0 saturated carbocycles. The van der Waals surface area contributed by atoms with Crippen LogP contribution in [0.4, 0.5) is 0 Å². The highest BCUT2D eigenvalue weighted by Gasteiger charge is 2.36. The predicted octanol–water partition coefficient (Wildman–Crippen LogP) is 0.649. The van der Waals surface area contributed by atoms with Crippen LogP contribution in [-0.4, -0.2) is 40.8 Å². The summed E-state index contributed by atoms with van der Waals surface area (Å²) < 4.78 is 11.2. The Balaban J connectivity index is 2.38. The minimum atomic E-state index is -0.803. The molecule has 2 atom stereocenters. The smallest absolute Gasteiger partial charge is 0.237 e. The Kier molecular flexibility index (Phi) is 5.59. The summed E-state index contributed by atoms with van der Waals surface area (Å²) in [5.41, 5.74) is 0.00619. The Bertz CT molecular complexity index is 292. The summed E-state index contributed by atoms with van der Waals surface area (Å²) in [6.07, 6.45) is 2.19. The Morgan fingerprint density at radius 2 is 2.24 bits per heavy atom. The molecule has 1 aliphatic heterocycles. The molecule has 0 bridgehead atoms. The number of nitrogens with one attached hydrogen (secondary N) is 2. The summed E-state index contributed by atoms with van der Waals surface area (Å²) >= 11 is 0. The van der Waals surface area contributed by atoms with Crippen molar-refractivity contribution in [3.05, 3.63) is 0 Å². The Morgan fingerprint density at radius 1 is 1.53 bits per heavy atom. The van der Waals surface area contributed by atoms with Gasteiger partial charge in [0.25, 0.3) is 0 Å². The molecule has 0 spiro atoms. The monoisotopic (exact) mass is 260 g/mol. The molecule has 1 saturated heterocycles. The zero-order valence-corrected chi connectivity index (χ0v) is 11.9. The molecule has 0 aromatic rings. The van der Waals surface area contributed by atoms with E-state index in [4.69, 9.17) is 0 Å². The second-order valence-electron chi connectivity index (χ2n) is 5.20. The van der Waals surface area contributed by atoms with Crippen molar-refractivity contribution in [1.82, 2.24) is 10.6 Å². The maximum Gasteiger partial charge on any atom is 0.237 e. The summed E-state index contributed by atoms with van der Waals surface area (Å²) in [4.78, 5) is 12.0. The molecule has 1 rings (SSSR count). The zero-order valence-electron chi connectivity index (χ0n) is 11.0. The first-order valence-electron chi connectivity index (χ1n) is 6.33. The molecule has 0 radical (unpaired) electrons. The summed E-state index contributed by atoms with van der Waals surface area (Å²) in [6, 6.07) is -0.119. The largest absolute Gasteiger partial charge is 0.354 e. The molecule has 2 N–H and O–H groups in total. The maximum atomic E-state index is 12.0. The number of carbonyl (C=O) groups is 1. The van der Waals surface area contributed by atoms with Crippen LogP contribution in [0.2, 0.25) is 0 Å². The molecular formula is C12H24N2O2S. The van der Waals surface area contributed by atoms with Crippen LogP contribution in [0.1, 0.15) is 33.6 Å². The summed E-state index contributed by atoms with van der Waals surface area (Å²) in [6.45, 7) is 7.54. The molecule has 0 aromatic carbocycles. The Morgan fingerprint density at radius 3 is 2.82 bits per heavy atom. The first kappa shape index (κ1) is 14.6. The molecular weight excluding hydrogens is 236 g/mol. The fourth-order valence-corrected chi connectivity index (χ4v) is 2.81. The van der Waals surface area contributed by atoms with E-state index in [-0.39, 0.29) is 17.4 Å². The number of piperidine rings is 1. The third-order valence-electron chi connectivity index (χ3n) is 3.34. The first-order chi connectivity index (χ1) is 7.97. The van der Waals surface area contributed by atoms with Gasteiger partial charge >= 0.3 is 0 Å². The standard InChI is InChI=1S/C12H24N2O2S/c1-4-17(16)9-8-14-11(15)10-12(2,3)6-5-7-13-10/h10,13H,4-9H2,1-3H3,(H,14,15). The Hall–Kier alpha value is -0.420. The van der Waals surface area contributed by atoms with Crippen molar-refractivity contribution in [2.24, 2.45) is 5.41 Å². The van der Waals surface area contributed by atoms with Crippen LogP contribution in [0.3, 0.4) is 0 Å². The van der Waals surface area contributed by atoms with E-state index in [1.807, 2.05) is 6.92 Å². The first-order valence-corrected chi connectivity index (χ1v) is 7.82. The minimum Gasteiger partial charge on any atom is -0.354 e. The SMILES string of the molecule is CCS(=O)CCNC(=O)C1NCCCC1(C)C. The van der Waals surface area contributed by atoms with Crippen molar-refractivity contribution < 1.29 is 9.00 Å². The average molecular weight is 260 g/mol. The van der Waals surface area contributed by atoms with Gasteiger partial charge in [-0.15, -0.1) is 0 Å². The molecule has 4 nitrogen and oxygen atoms in total. The van der Waals surface area contributed by atoms with E-state index in [9.17, 15) is 9.00 Å². The summed E-state index contributed by atoms with van der Waals surface area (Å²) in [5.74, 6) is 1.25. The summed E-state index contributed by atoms with van der Waals surface area (Å²) in [5, 5.41) is 6.15. The van der Waals surface area contributed by atoms with E-state index >= 15 is 0 Å². The number of hydrogen-bond acceptors (Lipinski definition) is 3. The normalized spacial score (nSPS) is 25.2. The highest BCUT2D eigenvalue weighted by atomic mass is 32.2. The van der Waals surface area contributed by atoms with E-state index in [1.165, 1.54) is 0 Å². The van der Waals surface area contributed by atoms with E-state index < -0.39 is 10.8 Å². The molecule has 0 aliphatic carbocycles. The molecule has 1 fully saturated rings. The van der Waals surface area contributed by atoms with Crippen molar-refractivity contribution in [2.45, 2.75) is 39.7 Å². The number of hydrogen-bond donors (Lipinski definition) is 2. The third kappa shape index (κ3) is 4.39. The van der Waals surface area contributed by atoms with Gasteiger partial charge in [0.1, 0.15) is 0 Å². The van der Waals surface area contributed by atoms with E-state index in [0.29, 0.717) is 18.1 Å².